The van der Waals surface area contributed by atoms with Crippen molar-refractivity contribution in [3.05, 3.63) is 77.0 Å². The van der Waals surface area contributed by atoms with Gasteiger partial charge in [-0.3, -0.25) is 4.79 Å². The number of hydrogen-bond acceptors (Lipinski definition) is 4. The van der Waals surface area contributed by atoms with Crippen LogP contribution in [0.4, 0.5) is 30.4 Å². The minimum atomic E-state index is -1.00. The Morgan fingerprint density at radius 3 is 2.27 bits per heavy atom. The summed E-state index contributed by atoms with van der Waals surface area (Å²) >= 11 is 5.65. The Balaban J connectivity index is 1.69. The van der Waals surface area contributed by atoms with Crippen LogP contribution in [0.15, 0.2) is 48.8 Å². The van der Waals surface area contributed by atoms with Gasteiger partial charge < -0.3 is 10.6 Å². The molecular weight excluding hydrogens is 369 g/mol. The molecule has 0 spiro atoms. The monoisotopic (exact) mass is 378 g/mol. The number of nitrogens with one attached hydrogen (secondary N) is 2. The highest BCUT2D eigenvalue weighted by molar-refractivity contribution is 6.31. The number of benzene rings is 2. The minimum absolute atomic E-state index is 0.00119. The highest BCUT2D eigenvalue weighted by atomic mass is 35.5. The zero-order valence-corrected chi connectivity index (χ0v) is 13.7. The Hall–Kier alpha value is -3.13. The third-order valence-electron chi connectivity index (χ3n) is 3.25. The smallest absolute Gasteiger partial charge is 0.275 e. The molecule has 2 N–H and O–H groups in total. The Kier molecular flexibility index (Phi) is 5.04. The van der Waals surface area contributed by atoms with Crippen LogP contribution in [0.2, 0.25) is 5.02 Å². The molecular formula is C17H10ClF3N4O. The van der Waals surface area contributed by atoms with Crippen LogP contribution >= 0.6 is 11.6 Å². The Bertz CT molecular complexity index is 967. The van der Waals surface area contributed by atoms with Gasteiger partial charge in [0.05, 0.1) is 17.4 Å². The molecule has 1 amide bonds. The number of hydrogen-bond donors (Lipinski definition) is 2. The van der Waals surface area contributed by atoms with Gasteiger partial charge in [0.25, 0.3) is 5.91 Å². The molecule has 1 heterocycles. The van der Waals surface area contributed by atoms with E-state index in [0.717, 1.165) is 18.2 Å². The third-order valence-corrected chi connectivity index (χ3v) is 3.54. The van der Waals surface area contributed by atoms with Gasteiger partial charge >= 0.3 is 0 Å². The molecule has 5 nitrogen and oxygen atoms in total. The molecule has 0 saturated carbocycles. The fourth-order valence-corrected chi connectivity index (χ4v) is 2.18. The van der Waals surface area contributed by atoms with Crippen LogP contribution in [0.3, 0.4) is 0 Å². The number of aromatic nitrogens is 2. The van der Waals surface area contributed by atoms with Crippen molar-refractivity contribution in [3.8, 4) is 0 Å². The average Bonchev–Trinajstić information content (AvgIpc) is 2.62. The van der Waals surface area contributed by atoms with Gasteiger partial charge in [0, 0.05) is 17.4 Å². The summed E-state index contributed by atoms with van der Waals surface area (Å²) in [5.74, 6) is -2.90. The largest absolute Gasteiger partial charge is 0.339 e. The average molecular weight is 379 g/mol. The predicted molar refractivity (Wildman–Crippen MR) is 91.0 cm³/mol. The van der Waals surface area contributed by atoms with Gasteiger partial charge in [-0.05, 0) is 30.3 Å². The normalized spacial score (nSPS) is 10.5. The summed E-state index contributed by atoms with van der Waals surface area (Å²) in [5, 5.41) is 5.11. The maximum atomic E-state index is 13.2. The molecule has 0 aliphatic carbocycles. The lowest BCUT2D eigenvalue weighted by molar-refractivity contribution is 0.102. The molecule has 26 heavy (non-hydrogen) atoms. The Morgan fingerprint density at radius 2 is 1.62 bits per heavy atom. The number of amides is 1. The van der Waals surface area contributed by atoms with Crippen LogP contribution in [0.1, 0.15) is 10.5 Å². The van der Waals surface area contributed by atoms with Crippen molar-refractivity contribution in [3.63, 3.8) is 0 Å². The van der Waals surface area contributed by atoms with E-state index in [1.54, 1.807) is 0 Å². The van der Waals surface area contributed by atoms with Crippen LogP contribution in [0.25, 0.3) is 0 Å². The second kappa shape index (κ2) is 7.40. The number of carbonyl (C=O) groups is 1. The van der Waals surface area contributed by atoms with Gasteiger partial charge in [0.1, 0.15) is 17.3 Å². The molecule has 1 aromatic heterocycles. The number of anilines is 3. The zero-order chi connectivity index (χ0) is 18.7. The maximum Gasteiger partial charge on any atom is 0.275 e. The lowest BCUT2D eigenvalue weighted by atomic mass is 10.3. The molecule has 3 aromatic rings. The van der Waals surface area contributed by atoms with Crippen molar-refractivity contribution in [2.24, 2.45) is 0 Å². The van der Waals surface area contributed by atoms with Crippen molar-refractivity contribution >= 4 is 34.7 Å². The number of rotatable bonds is 4. The van der Waals surface area contributed by atoms with Gasteiger partial charge in [0.15, 0.2) is 11.6 Å². The van der Waals surface area contributed by atoms with E-state index in [4.69, 9.17) is 11.6 Å². The summed E-state index contributed by atoms with van der Waals surface area (Å²) in [7, 11) is 0. The molecule has 0 aliphatic heterocycles. The first-order valence-corrected chi connectivity index (χ1v) is 7.61. The number of carbonyl (C=O) groups excluding carboxylic acids is 1. The van der Waals surface area contributed by atoms with E-state index in [9.17, 15) is 18.0 Å². The summed E-state index contributed by atoms with van der Waals surface area (Å²) in [6.45, 7) is 0. The second-order valence-electron chi connectivity index (χ2n) is 5.12. The van der Waals surface area contributed by atoms with Crippen molar-refractivity contribution in [2.75, 3.05) is 10.6 Å². The molecule has 0 fully saturated rings. The zero-order valence-electron chi connectivity index (χ0n) is 12.9. The number of halogens is 4. The Labute approximate surface area is 150 Å². The van der Waals surface area contributed by atoms with E-state index in [1.807, 2.05) is 0 Å². The standard InChI is InChI=1S/C17H10ClF3N4O/c18-11-5-9(1-3-12(11)19)25-17(26)15-7-23-16(8-22-15)24-10-2-4-13(20)14(21)6-10/h1-8H,(H,23,24)(H,25,26). The fraction of sp³-hybridized carbons (Fsp3) is 0. The van der Waals surface area contributed by atoms with E-state index < -0.39 is 23.4 Å². The molecule has 0 atom stereocenters. The number of nitrogens with zero attached hydrogens (tertiary/aromatic N) is 2. The van der Waals surface area contributed by atoms with Crippen LogP contribution in [-0.2, 0) is 0 Å². The molecule has 0 saturated heterocycles. The van der Waals surface area contributed by atoms with Gasteiger partial charge in [-0.25, -0.2) is 23.1 Å². The van der Waals surface area contributed by atoms with Crippen LogP contribution in [0.5, 0.6) is 0 Å². The van der Waals surface area contributed by atoms with Gasteiger partial charge in [0.2, 0.25) is 0 Å². The summed E-state index contributed by atoms with van der Waals surface area (Å²) in [5.41, 5.74) is 0.574. The molecule has 9 heteroatoms. The van der Waals surface area contributed by atoms with Crippen molar-refractivity contribution in [1.29, 1.82) is 0 Å². The minimum Gasteiger partial charge on any atom is -0.339 e. The molecule has 0 unspecified atom stereocenters. The summed E-state index contributed by atoms with van der Waals surface area (Å²) < 4.78 is 39.2. The molecule has 132 valence electrons. The predicted octanol–water partition coefficient (Wildman–Crippen LogP) is 4.54. The molecule has 0 bridgehead atoms. The first-order valence-electron chi connectivity index (χ1n) is 7.23. The van der Waals surface area contributed by atoms with Crippen LogP contribution in [-0.4, -0.2) is 15.9 Å². The third kappa shape index (κ3) is 4.09. The quantitative estimate of drug-likeness (QED) is 0.699. The van der Waals surface area contributed by atoms with Crippen LogP contribution < -0.4 is 10.6 Å². The van der Waals surface area contributed by atoms with E-state index in [0.29, 0.717) is 5.69 Å². The summed E-state index contributed by atoms with van der Waals surface area (Å²) in [6, 6.07) is 7.01. The van der Waals surface area contributed by atoms with E-state index >= 15 is 0 Å². The van der Waals surface area contributed by atoms with Crippen LogP contribution in [0, 0.1) is 17.5 Å². The summed E-state index contributed by atoms with van der Waals surface area (Å²) in [6.07, 6.45) is 2.45. The molecule has 0 aliphatic rings. The lowest BCUT2D eigenvalue weighted by Crippen LogP contribution is -2.14. The topological polar surface area (TPSA) is 66.9 Å². The fourth-order valence-electron chi connectivity index (χ4n) is 2.00. The maximum absolute atomic E-state index is 13.2. The van der Waals surface area contributed by atoms with E-state index in [2.05, 4.69) is 20.6 Å². The Morgan fingerprint density at radius 1 is 0.885 bits per heavy atom. The molecule has 0 radical (unpaired) electrons. The molecule has 2 aromatic carbocycles. The summed E-state index contributed by atoms with van der Waals surface area (Å²) in [4.78, 5) is 20.0. The SMILES string of the molecule is O=C(Nc1ccc(F)c(Cl)c1)c1cnc(Nc2ccc(F)c(F)c2)cn1. The first-order chi connectivity index (χ1) is 12.4. The molecule has 3 rings (SSSR count). The van der Waals surface area contributed by atoms with E-state index in [-0.39, 0.29) is 22.2 Å². The second-order valence-corrected chi connectivity index (χ2v) is 5.53. The highest BCUT2D eigenvalue weighted by Crippen LogP contribution is 2.20. The van der Waals surface area contributed by atoms with Crippen molar-refractivity contribution < 1.29 is 18.0 Å². The van der Waals surface area contributed by atoms with Gasteiger partial charge in [-0.15, -0.1) is 0 Å². The lowest BCUT2D eigenvalue weighted by Gasteiger charge is -2.07. The van der Waals surface area contributed by atoms with Crippen molar-refractivity contribution in [2.45, 2.75) is 0 Å². The highest BCUT2D eigenvalue weighted by Gasteiger charge is 2.10. The van der Waals surface area contributed by atoms with E-state index in [1.165, 1.54) is 30.6 Å². The van der Waals surface area contributed by atoms with Gasteiger partial charge in [-0.1, -0.05) is 11.6 Å². The first kappa shape index (κ1) is 17.7. The van der Waals surface area contributed by atoms with Crippen molar-refractivity contribution in [1.82, 2.24) is 9.97 Å². The van der Waals surface area contributed by atoms with Gasteiger partial charge in [-0.2, -0.15) is 0 Å².